The molecule has 0 aliphatic rings. The summed E-state index contributed by atoms with van der Waals surface area (Å²) in [5.41, 5.74) is 10.6. The summed E-state index contributed by atoms with van der Waals surface area (Å²) < 4.78 is 2.37. The third kappa shape index (κ3) is 4.60. The zero-order valence-corrected chi connectivity index (χ0v) is 27.0. The van der Waals surface area contributed by atoms with Gasteiger partial charge in [0.2, 0.25) is 0 Å². The molecule has 0 amide bonds. The Balaban J connectivity index is 1.19. The lowest BCUT2D eigenvalue weighted by atomic mass is 10.0. The highest BCUT2D eigenvalue weighted by Crippen LogP contribution is 2.39. The first-order valence-corrected chi connectivity index (χ1v) is 16.8. The van der Waals surface area contributed by atoms with Gasteiger partial charge in [-0.2, -0.15) is 0 Å². The van der Waals surface area contributed by atoms with Crippen molar-refractivity contribution in [2.75, 3.05) is 0 Å². The maximum absolute atomic E-state index is 5.12. The molecule has 10 aromatic rings. The lowest BCUT2D eigenvalue weighted by molar-refractivity contribution is 1.07. The van der Waals surface area contributed by atoms with Gasteiger partial charge in [-0.15, -0.1) is 0 Å². The largest absolute Gasteiger partial charge is 0.353 e. The van der Waals surface area contributed by atoms with Crippen molar-refractivity contribution >= 4 is 43.6 Å². The third-order valence-corrected chi connectivity index (χ3v) is 9.57. The summed E-state index contributed by atoms with van der Waals surface area (Å²) in [6.45, 7) is 0. The molecular formula is C45H29N5. The van der Waals surface area contributed by atoms with Crippen LogP contribution in [0.5, 0.6) is 0 Å². The molecule has 5 heteroatoms. The van der Waals surface area contributed by atoms with E-state index >= 15 is 0 Å². The molecular weight excluding hydrogens is 611 g/mol. The highest BCUT2D eigenvalue weighted by atomic mass is 15.0. The van der Waals surface area contributed by atoms with Crippen LogP contribution in [0.3, 0.4) is 0 Å². The summed E-state index contributed by atoms with van der Waals surface area (Å²) in [5, 5.41) is 4.84. The average molecular weight is 640 g/mol. The fourth-order valence-corrected chi connectivity index (χ4v) is 7.24. The van der Waals surface area contributed by atoms with Gasteiger partial charge < -0.3 is 9.55 Å². The van der Waals surface area contributed by atoms with E-state index in [4.69, 9.17) is 15.0 Å². The van der Waals surface area contributed by atoms with E-state index in [1.807, 2.05) is 36.4 Å². The van der Waals surface area contributed by atoms with Crippen LogP contribution in [0.1, 0.15) is 0 Å². The summed E-state index contributed by atoms with van der Waals surface area (Å²) in [4.78, 5) is 19.0. The second kappa shape index (κ2) is 11.4. The van der Waals surface area contributed by atoms with Crippen LogP contribution in [-0.2, 0) is 0 Å². The molecule has 0 aliphatic carbocycles. The van der Waals surface area contributed by atoms with Crippen LogP contribution in [0.25, 0.3) is 94.6 Å². The van der Waals surface area contributed by atoms with Gasteiger partial charge in [-0.3, -0.25) is 0 Å². The zero-order valence-electron chi connectivity index (χ0n) is 27.0. The second-order valence-corrected chi connectivity index (χ2v) is 12.6. The molecule has 0 atom stereocenters. The number of benzene rings is 7. The topological polar surface area (TPSA) is 59.4 Å². The Labute approximate surface area is 288 Å². The molecule has 0 saturated carbocycles. The van der Waals surface area contributed by atoms with Crippen molar-refractivity contribution in [2.24, 2.45) is 0 Å². The van der Waals surface area contributed by atoms with E-state index in [0.29, 0.717) is 17.5 Å². The molecule has 0 unspecified atom stereocenters. The van der Waals surface area contributed by atoms with Gasteiger partial charge in [-0.05, 0) is 41.5 Å². The molecule has 0 aliphatic heterocycles. The van der Waals surface area contributed by atoms with Gasteiger partial charge in [0.1, 0.15) is 0 Å². The highest BCUT2D eigenvalue weighted by molar-refractivity contribution is 6.22. The number of aromatic nitrogens is 5. The van der Waals surface area contributed by atoms with E-state index in [2.05, 4.69) is 143 Å². The molecule has 10 rings (SSSR count). The Morgan fingerprint density at radius 3 is 1.72 bits per heavy atom. The first kappa shape index (κ1) is 28.2. The molecule has 0 saturated heterocycles. The number of nitrogens with one attached hydrogen (secondary N) is 1. The third-order valence-electron chi connectivity index (χ3n) is 9.57. The summed E-state index contributed by atoms with van der Waals surface area (Å²) in [7, 11) is 0. The maximum atomic E-state index is 5.12. The second-order valence-electron chi connectivity index (χ2n) is 12.6. The minimum atomic E-state index is 0.623. The molecule has 0 spiro atoms. The molecule has 0 bridgehead atoms. The summed E-state index contributed by atoms with van der Waals surface area (Å²) in [6.07, 6.45) is 0. The normalized spacial score (nSPS) is 11.6. The Morgan fingerprint density at radius 1 is 0.380 bits per heavy atom. The van der Waals surface area contributed by atoms with Gasteiger partial charge in [-0.1, -0.05) is 140 Å². The van der Waals surface area contributed by atoms with Gasteiger partial charge in [0.25, 0.3) is 0 Å². The van der Waals surface area contributed by atoms with E-state index in [0.717, 1.165) is 55.6 Å². The van der Waals surface area contributed by atoms with Gasteiger partial charge >= 0.3 is 0 Å². The van der Waals surface area contributed by atoms with Crippen LogP contribution in [0, 0.1) is 0 Å². The summed E-state index contributed by atoms with van der Waals surface area (Å²) >= 11 is 0. The van der Waals surface area contributed by atoms with Crippen LogP contribution >= 0.6 is 0 Å². The number of nitrogens with zero attached hydrogens (tertiary/aromatic N) is 4. The van der Waals surface area contributed by atoms with E-state index in [9.17, 15) is 0 Å². The number of hydrogen-bond donors (Lipinski definition) is 1. The van der Waals surface area contributed by atoms with Crippen LogP contribution in [-0.4, -0.2) is 24.5 Å². The Bertz CT molecular complexity index is 2870. The number of fused-ring (bicyclic) bond motifs is 7. The minimum Gasteiger partial charge on any atom is -0.353 e. The van der Waals surface area contributed by atoms with Crippen molar-refractivity contribution in [3.8, 4) is 51.0 Å². The quantitative estimate of drug-likeness (QED) is 0.204. The van der Waals surface area contributed by atoms with Crippen molar-refractivity contribution in [3.63, 3.8) is 0 Å². The first-order chi connectivity index (χ1) is 24.8. The van der Waals surface area contributed by atoms with Crippen molar-refractivity contribution < 1.29 is 0 Å². The molecule has 0 radical (unpaired) electrons. The standard InChI is InChI=1S/C45H29N5/c1-3-13-29(14-4-1)31-17-11-18-32(27-31)44-47-43(30-15-5-2-6-16-30)48-45(49-44)33-19-12-20-34(28-33)50-40-24-10-8-22-36(40)38-26-25-37-35-21-7-9-23-39(35)46-41(37)42(38)50/h1-28,46H. The summed E-state index contributed by atoms with van der Waals surface area (Å²) in [6, 6.07) is 59.1. The van der Waals surface area contributed by atoms with Crippen molar-refractivity contribution in [1.82, 2.24) is 24.5 Å². The Kier molecular flexibility index (Phi) is 6.42. The number of aromatic amines is 1. The van der Waals surface area contributed by atoms with Gasteiger partial charge in [0.05, 0.1) is 16.6 Å². The van der Waals surface area contributed by atoms with Gasteiger partial charge in [-0.25, -0.2) is 15.0 Å². The van der Waals surface area contributed by atoms with E-state index in [1.165, 1.54) is 21.5 Å². The van der Waals surface area contributed by atoms with Crippen LogP contribution < -0.4 is 0 Å². The highest BCUT2D eigenvalue weighted by Gasteiger charge is 2.19. The lowest BCUT2D eigenvalue weighted by Gasteiger charge is -2.12. The fourth-order valence-electron chi connectivity index (χ4n) is 7.24. The van der Waals surface area contributed by atoms with Crippen LogP contribution in [0.15, 0.2) is 170 Å². The Morgan fingerprint density at radius 2 is 0.940 bits per heavy atom. The molecule has 3 heterocycles. The summed E-state index contributed by atoms with van der Waals surface area (Å²) in [5.74, 6) is 1.89. The smallest absolute Gasteiger partial charge is 0.164 e. The van der Waals surface area contributed by atoms with E-state index in [1.54, 1.807) is 0 Å². The van der Waals surface area contributed by atoms with Crippen molar-refractivity contribution in [3.05, 3.63) is 170 Å². The SMILES string of the molecule is c1ccc(-c2cccc(-c3nc(-c4ccccc4)nc(-c4cccc(-n5c6ccccc6c6ccc7c8ccccc8[nH]c7c65)c4)n3)c2)cc1. The number of hydrogen-bond acceptors (Lipinski definition) is 3. The fraction of sp³-hybridized carbons (Fsp3) is 0. The first-order valence-electron chi connectivity index (χ1n) is 16.8. The van der Waals surface area contributed by atoms with Crippen molar-refractivity contribution in [2.45, 2.75) is 0 Å². The number of rotatable bonds is 5. The molecule has 50 heavy (non-hydrogen) atoms. The van der Waals surface area contributed by atoms with Gasteiger partial charge in [0, 0.05) is 49.4 Å². The molecule has 7 aromatic carbocycles. The molecule has 3 aromatic heterocycles. The average Bonchev–Trinajstić information content (AvgIpc) is 3.75. The lowest BCUT2D eigenvalue weighted by Crippen LogP contribution is -2.01. The van der Waals surface area contributed by atoms with Crippen LogP contribution in [0.4, 0.5) is 0 Å². The predicted octanol–water partition coefficient (Wildman–Crippen LogP) is 11.3. The number of para-hydroxylation sites is 2. The monoisotopic (exact) mass is 639 g/mol. The molecule has 1 N–H and O–H groups in total. The number of H-pyrrole nitrogens is 1. The molecule has 234 valence electrons. The van der Waals surface area contributed by atoms with E-state index < -0.39 is 0 Å². The predicted molar refractivity (Wildman–Crippen MR) is 205 cm³/mol. The molecule has 0 fully saturated rings. The van der Waals surface area contributed by atoms with E-state index in [-0.39, 0.29) is 0 Å². The maximum Gasteiger partial charge on any atom is 0.164 e. The zero-order chi connectivity index (χ0) is 33.0. The Hall–Kier alpha value is -6.85. The molecule has 5 nitrogen and oxygen atoms in total. The minimum absolute atomic E-state index is 0.623. The van der Waals surface area contributed by atoms with Gasteiger partial charge in [0.15, 0.2) is 17.5 Å². The van der Waals surface area contributed by atoms with Crippen molar-refractivity contribution in [1.29, 1.82) is 0 Å². The van der Waals surface area contributed by atoms with Crippen LogP contribution in [0.2, 0.25) is 0 Å².